The summed E-state index contributed by atoms with van der Waals surface area (Å²) in [4.78, 5) is 16.5. The highest BCUT2D eigenvalue weighted by molar-refractivity contribution is 7.89. The number of hydrogen-bond donors (Lipinski definition) is 1. The molecule has 0 saturated carbocycles. The number of H-pyrrole nitrogens is 1. The van der Waals surface area contributed by atoms with Gasteiger partial charge in [0.25, 0.3) is 0 Å². The molecule has 0 saturated heterocycles. The number of sulfonamides is 1. The average molecular weight is 368 g/mol. The predicted molar refractivity (Wildman–Crippen MR) is 102 cm³/mol. The van der Waals surface area contributed by atoms with Crippen LogP contribution >= 0.6 is 0 Å². The molecule has 0 fully saturated rings. The largest absolute Gasteiger partial charge is 0.358 e. The van der Waals surface area contributed by atoms with Crippen molar-refractivity contribution in [1.82, 2.24) is 9.29 Å². The van der Waals surface area contributed by atoms with Crippen LogP contribution in [0.5, 0.6) is 0 Å². The number of rotatable bonds is 2. The van der Waals surface area contributed by atoms with Crippen molar-refractivity contribution in [2.75, 3.05) is 6.54 Å². The van der Waals surface area contributed by atoms with Crippen molar-refractivity contribution in [3.05, 3.63) is 75.1 Å². The fourth-order valence-electron chi connectivity index (χ4n) is 3.43. The first kappa shape index (κ1) is 17.0. The van der Waals surface area contributed by atoms with E-state index in [2.05, 4.69) is 4.98 Å². The minimum absolute atomic E-state index is 0.0822. The molecule has 0 aliphatic carbocycles. The molecule has 1 aliphatic rings. The number of benzene rings is 2. The van der Waals surface area contributed by atoms with Gasteiger partial charge in [-0.2, -0.15) is 4.31 Å². The second-order valence-corrected chi connectivity index (χ2v) is 8.80. The topological polar surface area (TPSA) is 70.2 Å². The Morgan fingerprint density at radius 1 is 1.00 bits per heavy atom. The van der Waals surface area contributed by atoms with Gasteiger partial charge in [0.05, 0.1) is 4.90 Å². The zero-order valence-electron chi connectivity index (χ0n) is 14.7. The van der Waals surface area contributed by atoms with Crippen molar-refractivity contribution < 1.29 is 8.42 Å². The molecule has 2 aromatic carbocycles. The van der Waals surface area contributed by atoms with E-state index in [1.807, 2.05) is 32.0 Å². The van der Waals surface area contributed by atoms with Gasteiger partial charge in [-0.3, -0.25) is 4.79 Å². The van der Waals surface area contributed by atoms with E-state index in [0.29, 0.717) is 23.9 Å². The summed E-state index contributed by atoms with van der Waals surface area (Å²) in [5.41, 5.74) is 4.11. The molecular formula is C20H20N2O3S. The summed E-state index contributed by atoms with van der Waals surface area (Å²) in [5.74, 6) is 0. The Balaban J connectivity index is 1.78. The Morgan fingerprint density at radius 2 is 1.69 bits per heavy atom. The van der Waals surface area contributed by atoms with Gasteiger partial charge in [-0.15, -0.1) is 0 Å². The minimum Gasteiger partial charge on any atom is -0.358 e. The number of nitrogens with zero attached hydrogens (tertiary/aromatic N) is 1. The molecule has 134 valence electrons. The number of aryl methyl sites for hydroxylation is 2. The Labute approximate surface area is 152 Å². The Morgan fingerprint density at radius 3 is 2.42 bits per heavy atom. The van der Waals surface area contributed by atoms with Crippen LogP contribution in [0.25, 0.3) is 10.9 Å². The van der Waals surface area contributed by atoms with Gasteiger partial charge in [-0.05, 0) is 38.1 Å². The lowest BCUT2D eigenvalue weighted by molar-refractivity contribution is 0.387. The van der Waals surface area contributed by atoms with Gasteiger partial charge in [-0.1, -0.05) is 29.3 Å². The van der Waals surface area contributed by atoms with Crippen LogP contribution < -0.4 is 5.43 Å². The van der Waals surface area contributed by atoms with Crippen molar-refractivity contribution in [3.8, 4) is 0 Å². The third kappa shape index (κ3) is 2.75. The lowest BCUT2D eigenvalue weighted by Gasteiger charge is -2.28. The zero-order valence-corrected chi connectivity index (χ0v) is 15.6. The summed E-state index contributed by atoms with van der Waals surface area (Å²) >= 11 is 0. The van der Waals surface area contributed by atoms with E-state index in [0.717, 1.165) is 22.3 Å². The number of aromatic nitrogens is 1. The summed E-state index contributed by atoms with van der Waals surface area (Å²) < 4.78 is 27.3. The van der Waals surface area contributed by atoms with Crippen molar-refractivity contribution in [1.29, 1.82) is 0 Å². The van der Waals surface area contributed by atoms with Gasteiger partial charge in [0.15, 0.2) is 5.43 Å². The maximum atomic E-state index is 13.0. The molecule has 5 nitrogen and oxygen atoms in total. The first-order valence-electron chi connectivity index (χ1n) is 8.57. The van der Waals surface area contributed by atoms with Gasteiger partial charge < -0.3 is 4.98 Å². The van der Waals surface area contributed by atoms with E-state index in [1.165, 1.54) is 4.31 Å². The van der Waals surface area contributed by atoms with Crippen LogP contribution in [0, 0.1) is 13.8 Å². The van der Waals surface area contributed by atoms with E-state index in [9.17, 15) is 13.2 Å². The molecule has 1 N–H and O–H groups in total. The molecule has 1 aromatic heterocycles. The maximum Gasteiger partial charge on any atom is 0.243 e. The van der Waals surface area contributed by atoms with Gasteiger partial charge >= 0.3 is 0 Å². The summed E-state index contributed by atoms with van der Waals surface area (Å²) in [5, 5.41) is 0.610. The van der Waals surface area contributed by atoms with E-state index >= 15 is 0 Å². The quantitative estimate of drug-likeness (QED) is 0.756. The molecule has 2 heterocycles. The number of pyridine rings is 1. The predicted octanol–water partition coefficient (Wildman–Crippen LogP) is 2.89. The summed E-state index contributed by atoms with van der Waals surface area (Å²) in [7, 11) is -3.62. The van der Waals surface area contributed by atoms with Crippen molar-refractivity contribution in [2.24, 2.45) is 0 Å². The van der Waals surface area contributed by atoms with E-state index in [4.69, 9.17) is 0 Å². The van der Waals surface area contributed by atoms with E-state index < -0.39 is 10.0 Å². The first-order valence-corrected chi connectivity index (χ1v) is 10.0. The summed E-state index contributed by atoms with van der Waals surface area (Å²) in [6, 6.07) is 12.5. The van der Waals surface area contributed by atoms with Gasteiger partial charge in [0.2, 0.25) is 10.0 Å². The molecule has 4 rings (SSSR count). The van der Waals surface area contributed by atoms with Crippen LogP contribution in [-0.4, -0.2) is 24.3 Å². The number of hydrogen-bond acceptors (Lipinski definition) is 3. The Kier molecular flexibility index (Phi) is 3.97. The molecule has 26 heavy (non-hydrogen) atoms. The molecule has 0 amide bonds. The standard InChI is InChI=1S/C20H20N2O3S/c1-13-3-6-15(7-4-13)26(24,25)22-10-9-19-17(12-22)20(23)16-11-14(2)5-8-18(16)21-19/h3-8,11H,9-10,12H2,1-2H3,(H,21,23). The van der Waals surface area contributed by atoms with Crippen molar-refractivity contribution >= 4 is 20.9 Å². The third-order valence-corrected chi connectivity index (χ3v) is 6.81. The van der Waals surface area contributed by atoms with Gasteiger partial charge in [0.1, 0.15) is 0 Å². The number of aromatic amines is 1. The second-order valence-electron chi connectivity index (χ2n) is 6.86. The molecule has 0 spiro atoms. The number of nitrogens with one attached hydrogen (secondary N) is 1. The molecule has 0 atom stereocenters. The lowest BCUT2D eigenvalue weighted by Crippen LogP contribution is -2.39. The first-order chi connectivity index (χ1) is 12.4. The molecule has 1 aliphatic heterocycles. The van der Waals surface area contributed by atoms with Crippen molar-refractivity contribution in [2.45, 2.75) is 31.7 Å². The molecule has 0 unspecified atom stereocenters. The Hall–Kier alpha value is -2.44. The molecule has 6 heteroatoms. The fourth-order valence-corrected chi connectivity index (χ4v) is 4.84. The zero-order chi connectivity index (χ0) is 18.5. The fraction of sp³-hybridized carbons (Fsp3) is 0.250. The highest BCUT2D eigenvalue weighted by atomic mass is 32.2. The minimum atomic E-state index is -3.62. The van der Waals surface area contributed by atoms with Crippen LogP contribution in [-0.2, 0) is 23.0 Å². The van der Waals surface area contributed by atoms with Crippen LogP contribution in [0.3, 0.4) is 0 Å². The highest BCUT2D eigenvalue weighted by Gasteiger charge is 2.30. The Bertz CT molecular complexity index is 1160. The van der Waals surface area contributed by atoms with Gasteiger partial charge in [-0.25, -0.2) is 8.42 Å². The van der Waals surface area contributed by atoms with Crippen LogP contribution in [0.2, 0.25) is 0 Å². The monoisotopic (exact) mass is 368 g/mol. The van der Waals surface area contributed by atoms with Crippen LogP contribution in [0.1, 0.15) is 22.4 Å². The smallest absolute Gasteiger partial charge is 0.243 e. The summed E-state index contributed by atoms with van der Waals surface area (Å²) in [6.45, 7) is 4.31. The molecular weight excluding hydrogens is 348 g/mol. The van der Waals surface area contributed by atoms with Crippen LogP contribution in [0.4, 0.5) is 0 Å². The van der Waals surface area contributed by atoms with E-state index in [1.54, 1.807) is 24.3 Å². The normalized spacial score (nSPS) is 15.2. The maximum absolute atomic E-state index is 13.0. The molecule has 3 aromatic rings. The summed E-state index contributed by atoms with van der Waals surface area (Å²) in [6.07, 6.45) is 0.499. The SMILES string of the molecule is Cc1ccc(S(=O)(=O)N2CCc3[nH]c4ccc(C)cc4c(=O)c3C2)cc1. The van der Waals surface area contributed by atoms with Gasteiger partial charge in [0, 0.05) is 41.7 Å². The van der Waals surface area contributed by atoms with E-state index in [-0.39, 0.29) is 16.9 Å². The van der Waals surface area contributed by atoms with Crippen molar-refractivity contribution in [3.63, 3.8) is 0 Å². The third-order valence-electron chi connectivity index (χ3n) is 4.95. The highest BCUT2D eigenvalue weighted by Crippen LogP contribution is 2.24. The number of fused-ring (bicyclic) bond motifs is 2. The lowest BCUT2D eigenvalue weighted by atomic mass is 10.0. The molecule has 0 radical (unpaired) electrons. The molecule has 0 bridgehead atoms. The second kappa shape index (κ2) is 6.07. The van der Waals surface area contributed by atoms with Crippen LogP contribution in [0.15, 0.2) is 52.2 Å². The average Bonchev–Trinajstić information content (AvgIpc) is 2.63.